The first-order valence-corrected chi connectivity index (χ1v) is 4.63. The molecule has 5 nitrogen and oxygen atoms in total. The minimum Gasteiger partial charge on any atom is -0.396 e. The van der Waals surface area contributed by atoms with Crippen molar-refractivity contribution in [2.45, 2.75) is 6.92 Å². The smallest absolute Gasteiger partial charge is 0.252 e. The Morgan fingerprint density at radius 2 is 2.43 bits per heavy atom. The highest BCUT2D eigenvalue weighted by molar-refractivity contribution is 5.40. The third-order valence-electron chi connectivity index (χ3n) is 2.39. The number of rotatable bonds is 2. The lowest BCUT2D eigenvalue weighted by atomic mass is 10.0. The number of aliphatic hydroxyl groups is 1. The molecule has 0 bridgehead atoms. The van der Waals surface area contributed by atoms with E-state index in [9.17, 15) is 4.79 Å². The summed E-state index contributed by atoms with van der Waals surface area (Å²) in [5.74, 6) is 1.66. The van der Waals surface area contributed by atoms with Gasteiger partial charge in [-0.25, -0.2) is 4.98 Å². The highest BCUT2D eigenvalue weighted by Gasteiger charge is 2.27. The SMILES string of the molecule is Cc1nc(N2CC(CO)C2)cc(=O)[nH]1. The Bertz CT molecular complexity index is 382. The van der Waals surface area contributed by atoms with Gasteiger partial charge in [0, 0.05) is 31.7 Å². The molecule has 1 fully saturated rings. The molecule has 1 saturated heterocycles. The third-order valence-corrected chi connectivity index (χ3v) is 2.39. The fourth-order valence-corrected chi connectivity index (χ4v) is 1.60. The maximum Gasteiger partial charge on any atom is 0.252 e. The lowest BCUT2D eigenvalue weighted by Gasteiger charge is -2.39. The Labute approximate surface area is 81.4 Å². The standard InChI is InChI=1S/C9H13N3O2/c1-6-10-8(2-9(14)11-6)12-3-7(4-12)5-13/h2,7,13H,3-5H2,1H3,(H,10,11,14). The Hall–Kier alpha value is -1.36. The van der Waals surface area contributed by atoms with Crippen molar-refractivity contribution in [1.29, 1.82) is 0 Å². The van der Waals surface area contributed by atoms with Crippen LogP contribution >= 0.6 is 0 Å². The molecule has 2 N–H and O–H groups in total. The van der Waals surface area contributed by atoms with Crippen molar-refractivity contribution < 1.29 is 5.11 Å². The molecule has 1 aliphatic heterocycles. The summed E-state index contributed by atoms with van der Waals surface area (Å²) in [5, 5.41) is 8.84. The normalized spacial score (nSPS) is 16.9. The molecule has 2 rings (SSSR count). The fourth-order valence-electron chi connectivity index (χ4n) is 1.60. The number of hydrogen-bond acceptors (Lipinski definition) is 4. The molecule has 1 aromatic rings. The van der Waals surface area contributed by atoms with Crippen LogP contribution in [0.15, 0.2) is 10.9 Å². The highest BCUT2D eigenvalue weighted by atomic mass is 16.3. The Balaban J connectivity index is 2.14. The highest BCUT2D eigenvalue weighted by Crippen LogP contribution is 2.20. The predicted molar refractivity (Wildman–Crippen MR) is 52.4 cm³/mol. The molecule has 2 heterocycles. The molecule has 1 aromatic heterocycles. The number of nitrogens with zero attached hydrogens (tertiary/aromatic N) is 2. The predicted octanol–water partition coefficient (Wildman–Crippen LogP) is -0.493. The van der Waals surface area contributed by atoms with Crippen LogP contribution in [-0.4, -0.2) is 34.8 Å². The second kappa shape index (κ2) is 3.42. The van der Waals surface area contributed by atoms with Gasteiger partial charge in [-0.3, -0.25) is 4.79 Å². The van der Waals surface area contributed by atoms with Gasteiger partial charge in [0.2, 0.25) is 0 Å². The lowest BCUT2D eigenvalue weighted by Crippen LogP contribution is -2.49. The number of anilines is 1. The molecule has 0 atom stereocenters. The molecule has 0 aliphatic carbocycles. The summed E-state index contributed by atoms with van der Waals surface area (Å²) in [6, 6.07) is 1.49. The van der Waals surface area contributed by atoms with Crippen LogP contribution in [0.3, 0.4) is 0 Å². The van der Waals surface area contributed by atoms with Gasteiger partial charge >= 0.3 is 0 Å². The van der Waals surface area contributed by atoms with Crippen LogP contribution in [0.4, 0.5) is 5.82 Å². The minimum absolute atomic E-state index is 0.125. The molecule has 0 unspecified atom stereocenters. The summed E-state index contributed by atoms with van der Waals surface area (Å²) >= 11 is 0. The van der Waals surface area contributed by atoms with E-state index < -0.39 is 0 Å². The number of H-pyrrole nitrogens is 1. The van der Waals surface area contributed by atoms with E-state index in [0.29, 0.717) is 17.6 Å². The second-order valence-electron chi connectivity index (χ2n) is 3.64. The van der Waals surface area contributed by atoms with Crippen LogP contribution in [0.25, 0.3) is 0 Å². The average molecular weight is 195 g/mol. The van der Waals surface area contributed by atoms with E-state index in [1.54, 1.807) is 6.92 Å². The number of aromatic nitrogens is 2. The van der Waals surface area contributed by atoms with Crippen LogP contribution in [-0.2, 0) is 0 Å². The quantitative estimate of drug-likeness (QED) is 0.668. The van der Waals surface area contributed by atoms with Gasteiger partial charge < -0.3 is 15.0 Å². The van der Waals surface area contributed by atoms with E-state index >= 15 is 0 Å². The van der Waals surface area contributed by atoms with Crippen LogP contribution < -0.4 is 10.5 Å². The van der Waals surface area contributed by atoms with E-state index in [4.69, 9.17) is 5.11 Å². The maximum absolute atomic E-state index is 11.1. The molecule has 1 aliphatic rings. The summed E-state index contributed by atoms with van der Waals surface area (Å²) in [4.78, 5) is 19.9. The number of nitrogens with one attached hydrogen (secondary N) is 1. The third kappa shape index (κ3) is 1.63. The summed E-state index contributed by atoms with van der Waals surface area (Å²) in [7, 11) is 0. The van der Waals surface area contributed by atoms with Gasteiger partial charge in [0.15, 0.2) is 0 Å². The van der Waals surface area contributed by atoms with Crippen molar-refractivity contribution in [3.05, 3.63) is 22.2 Å². The largest absolute Gasteiger partial charge is 0.396 e. The van der Waals surface area contributed by atoms with Crippen LogP contribution in [0.5, 0.6) is 0 Å². The topological polar surface area (TPSA) is 69.2 Å². The van der Waals surface area contributed by atoms with Crippen LogP contribution in [0.2, 0.25) is 0 Å². The van der Waals surface area contributed by atoms with Gasteiger partial charge in [-0.2, -0.15) is 0 Å². The van der Waals surface area contributed by atoms with Crippen molar-refractivity contribution >= 4 is 5.82 Å². The van der Waals surface area contributed by atoms with Gasteiger partial charge in [-0.15, -0.1) is 0 Å². The second-order valence-corrected chi connectivity index (χ2v) is 3.64. The van der Waals surface area contributed by atoms with Crippen LogP contribution in [0.1, 0.15) is 5.82 Å². The zero-order valence-corrected chi connectivity index (χ0v) is 8.03. The molecule has 5 heteroatoms. The van der Waals surface area contributed by atoms with Crippen molar-refractivity contribution in [3.8, 4) is 0 Å². The molecule has 76 valence electrons. The molecule has 0 spiro atoms. The van der Waals surface area contributed by atoms with Crippen LogP contribution in [0, 0.1) is 12.8 Å². The first-order chi connectivity index (χ1) is 6.69. The number of aryl methyl sites for hydroxylation is 1. The number of aromatic amines is 1. The maximum atomic E-state index is 11.1. The van der Waals surface area contributed by atoms with E-state index in [-0.39, 0.29) is 12.2 Å². The van der Waals surface area contributed by atoms with Gasteiger partial charge in [0.25, 0.3) is 5.56 Å². The summed E-state index contributed by atoms with van der Waals surface area (Å²) in [5.41, 5.74) is -0.125. The first-order valence-electron chi connectivity index (χ1n) is 4.63. The Morgan fingerprint density at radius 3 is 3.00 bits per heavy atom. The molecular weight excluding hydrogens is 182 g/mol. The number of hydrogen-bond donors (Lipinski definition) is 2. The zero-order chi connectivity index (χ0) is 10.1. The monoisotopic (exact) mass is 195 g/mol. The van der Waals surface area contributed by atoms with Crippen molar-refractivity contribution in [1.82, 2.24) is 9.97 Å². The van der Waals surface area contributed by atoms with Crippen molar-refractivity contribution in [3.63, 3.8) is 0 Å². The van der Waals surface area contributed by atoms with E-state index in [1.165, 1.54) is 6.07 Å². The average Bonchev–Trinajstić information content (AvgIpc) is 2.00. The minimum atomic E-state index is -0.125. The molecule has 0 aromatic carbocycles. The van der Waals surface area contributed by atoms with Gasteiger partial charge in [0.05, 0.1) is 0 Å². The molecule has 0 amide bonds. The van der Waals surface area contributed by atoms with Gasteiger partial charge in [-0.1, -0.05) is 0 Å². The molecule has 0 saturated carbocycles. The van der Waals surface area contributed by atoms with Crippen molar-refractivity contribution in [2.24, 2.45) is 5.92 Å². The van der Waals surface area contributed by atoms with E-state index in [0.717, 1.165) is 13.1 Å². The summed E-state index contributed by atoms with van der Waals surface area (Å²) in [6.07, 6.45) is 0. The summed E-state index contributed by atoms with van der Waals surface area (Å²) in [6.45, 7) is 3.53. The molecule has 14 heavy (non-hydrogen) atoms. The van der Waals surface area contributed by atoms with Gasteiger partial charge in [0.1, 0.15) is 11.6 Å². The van der Waals surface area contributed by atoms with Crippen molar-refractivity contribution in [2.75, 3.05) is 24.6 Å². The molecule has 0 radical (unpaired) electrons. The first kappa shape index (κ1) is 9.21. The van der Waals surface area contributed by atoms with E-state index in [1.807, 2.05) is 4.90 Å². The number of aliphatic hydroxyl groups excluding tert-OH is 1. The zero-order valence-electron chi connectivity index (χ0n) is 8.03. The fraction of sp³-hybridized carbons (Fsp3) is 0.556. The summed E-state index contributed by atoms with van der Waals surface area (Å²) < 4.78 is 0. The van der Waals surface area contributed by atoms with Gasteiger partial charge in [-0.05, 0) is 6.92 Å². The van der Waals surface area contributed by atoms with E-state index in [2.05, 4.69) is 9.97 Å². The Morgan fingerprint density at radius 1 is 1.71 bits per heavy atom. The molecular formula is C9H13N3O2. The Kier molecular flexibility index (Phi) is 2.25. The lowest BCUT2D eigenvalue weighted by molar-refractivity contribution is 0.200.